The summed E-state index contributed by atoms with van der Waals surface area (Å²) < 4.78 is 7.07. The summed E-state index contributed by atoms with van der Waals surface area (Å²) in [4.78, 5) is 8.02. The SMILES string of the molecule is C#Cc1cn(C2O[C@H](CO)[C@@H](O)[C@@]2(C)O)c2ncnc(Cl)c12. The molecule has 0 bridgehead atoms. The van der Waals surface area contributed by atoms with Gasteiger partial charge in [0, 0.05) is 6.20 Å². The van der Waals surface area contributed by atoms with Gasteiger partial charge in [0.2, 0.25) is 0 Å². The van der Waals surface area contributed by atoms with Crippen molar-refractivity contribution in [2.45, 2.75) is 31.0 Å². The molecule has 8 heteroatoms. The Balaban J connectivity index is 2.20. The Morgan fingerprint density at radius 2 is 2.27 bits per heavy atom. The number of aromatic nitrogens is 3. The molecule has 0 aromatic carbocycles. The van der Waals surface area contributed by atoms with Crippen LogP contribution in [0.4, 0.5) is 0 Å². The van der Waals surface area contributed by atoms with Gasteiger partial charge in [-0.25, -0.2) is 9.97 Å². The number of aliphatic hydroxyl groups is 3. The molecule has 116 valence electrons. The number of hydrogen-bond donors (Lipinski definition) is 3. The fourth-order valence-electron chi connectivity index (χ4n) is 2.73. The van der Waals surface area contributed by atoms with Crippen molar-refractivity contribution in [1.82, 2.24) is 14.5 Å². The normalized spacial score (nSPS) is 31.5. The maximum atomic E-state index is 10.6. The number of ether oxygens (including phenoxy) is 1. The third-order valence-electron chi connectivity index (χ3n) is 3.91. The predicted octanol–water partition coefficient (Wildman–Crippen LogP) is 0.0676. The van der Waals surface area contributed by atoms with Crippen LogP contribution in [0.2, 0.25) is 5.15 Å². The number of terminal acetylenes is 1. The smallest absolute Gasteiger partial charge is 0.167 e. The second kappa shape index (κ2) is 5.19. The first-order valence-corrected chi connectivity index (χ1v) is 6.94. The Morgan fingerprint density at radius 1 is 1.55 bits per heavy atom. The average molecular weight is 324 g/mol. The minimum atomic E-state index is -1.64. The molecule has 3 rings (SSSR count). The first-order valence-electron chi connectivity index (χ1n) is 6.56. The summed E-state index contributed by atoms with van der Waals surface area (Å²) >= 11 is 6.06. The number of hydrogen-bond acceptors (Lipinski definition) is 6. The summed E-state index contributed by atoms with van der Waals surface area (Å²) in [7, 11) is 0. The lowest BCUT2D eigenvalue weighted by atomic mass is 9.96. The molecule has 7 nitrogen and oxygen atoms in total. The van der Waals surface area contributed by atoms with Gasteiger partial charge in [-0.05, 0) is 6.92 Å². The van der Waals surface area contributed by atoms with Crippen LogP contribution in [0.15, 0.2) is 12.5 Å². The second-order valence-electron chi connectivity index (χ2n) is 5.34. The number of halogens is 1. The van der Waals surface area contributed by atoms with Crippen molar-refractivity contribution in [1.29, 1.82) is 0 Å². The molecule has 2 aromatic heterocycles. The van der Waals surface area contributed by atoms with Crippen LogP contribution in [0, 0.1) is 12.3 Å². The van der Waals surface area contributed by atoms with Crippen LogP contribution in [0.5, 0.6) is 0 Å². The zero-order valence-corrected chi connectivity index (χ0v) is 12.4. The highest BCUT2D eigenvalue weighted by atomic mass is 35.5. The van der Waals surface area contributed by atoms with Crippen LogP contribution in [0.25, 0.3) is 11.0 Å². The standard InChI is InChI=1S/C14H14ClN3O4/c1-3-7-4-18(12-9(7)11(15)16-6-17-12)13-14(2,21)10(20)8(5-19)22-13/h1,4,6,8,10,13,19-21H,5H2,2H3/t8-,10-,13?,14-/m1/s1. The third kappa shape index (κ3) is 2.00. The van der Waals surface area contributed by atoms with E-state index < -0.39 is 30.6 Å². The van der Waals surface area contributed by atoms with Crippen molar-refractivity contribution >= 4 is 22.6 Å². The Hall–Kier alpha value is -1.69. The van der Waals surface area contributed by atoms with Crippen LogP contribution in [0.3, 0.4) is 0 Å². The average Bonchev–Trinajstić information content (AvgIpc) is 2.97. The van der Waals surface area contributed by atoms with E-state index in [0.29, 0.717) is 16.6 Å². The fourth-order valence-corrected chi connectivity index (χ4v) is 2.96. The molecule has 1 aliphatic rings. The minimum absolute atomic E-state index is 0.189. The van der Waals surface area contributed by atoms with E-state index >= 15 is 0 Å². The summed E-state index contributed by atoms with van der Waals surface area (Å²) in [5.41, 5.74) is -0.811. The highest BCUT2D eigenvalue weighted by Crippen LogP contribution is 2.40. The Kier molecular flexibility index (Phi) is 3.59. The molecule has 1 saturated heterocycles. The van der Waals surface area contributed by atoms with Crippen LogP contribution in [-0.4, -0.2) is 54.3 Å². The van der Waals surface area contributed by atoms with Gasteiger partial charge in [0.15, 0.2) is 6.23 Å². The molecule has 3 N–H and O–H groups in total. The topological polar surface area (TPSA) is 101 Å². The lowest BCUT2D eigenvalue weighted by molar-refractivity contribution is -0.0948. The quantitative estimate of drug-likeness (QED) is 0.534. The summed E-state index contributed by atoms with van der Waals surface area (Å²) in [6.07, 6.45) is 5.15. The minimum Gasteiger partial charge on any atom is -0.394 e. The third-order valence-corrected chi connectivity index (χ3v) is 4.19. The maximum absolute atomic E-state index is 10.6. The zero-order valence-electron chi connectivity index (χ0n) is 11.6. The number of nitrogens with zero attached hydrogens (tertiary/aromatic N) is 3. The zero-order chi connectivity index (χ0) is 16.1. The van der Waals surface area contributed by atoms with Crippen molar-refractivity contribution in [3.8, 4) is 12.3 Å². The van der Waals surface area contributed by atoms with Crippen molar-refractivity contribution in [2.24, 2.45) is 0 Å². The molecule has 0 amide bonds. The van der Waals surface area contributed by atoms with E-state index in [9.17, 15) is 15.3 Å². The molecule has 0 spiro atoms. The van der Waals surface area contributed by atoms with E-state index in [2.05, 4.69) is 15.9 Å². The Morgan fingerprint density at radius 3 is 2.86 bits per heavy atom. The van der Waals surface area contributed by atoms with Gasteiger partial charge in [-0.3, -0.25) is 0 Å². The molecular weight excluding hydrogens is 310 g/mol. The predicted molar refractivity (Wildman–Crippen MR) is 78.1 cm³/mol. The van der Waals surface area contributed by atoms with E-state index in [1.165, 1.54) is 17.8 Å². The van der Waals surface area contributed by atoms with Gasteiger partial charge < -0.3 is 24.6 Å². The van der Waals surface area contributed by atoms with Gasteiger partial charge in [0.05, 0.1) is 17.6 Å². The number of fused-ring (bicyclic) bond motifs is 1. The van der Waals surface area contributed by atoms with Gasteiger partial charge in [0.1, 0.15) is 34.9 Å². The fraction of sp³-hybridized carbons (Fsp3) is 0.429. The molecule has 3 heterocycles. The Bertz CT molecular complexity index is 767. The van der Waals surface area contributed by atoms with Crippen molar-refractivity contribution in [3.05, 3.63) is 23.2 Å². The maximum Gasteiger partial charge on any atom is 0.167 e. The molecule has 0 saturated carbocycles. The molecule has 0 radical (unpaired) electrons. The molecule has 1 fully saturated rings. The number of rotatable bonds is 2. The lowest BCUT2D eigenvalue weighted by Crippen LogP contribution is -2.44. The van der Waals surface area contributed by atoms with E-state index in [-0.39, 0.29) is 5.15 Å². The first kappa shape index (κ1) is 15.2. The second-order valence-corrected chi connectivity index (χ2v) is 5.70. The van der Waals surface area contributed by atoms with E-state index in [1.54, 1.807) is 6.20 Å². The van der Waals surface area contributed by atoms with Crippen LogP contribution < -0.4 is 0 Å². The molecule has 22 heavy (non-hydrogen) atoms. The van der Waals surface area contributed by atoms with E-state index in [1.807, 2.05) is 0 Å². The van der Waals surface area contributed by atoms with E-state index in [4.69, 9.17) is 22.8 Å². The van der Waals surface area contributed by atoms with Crippen LogP contribution >= 0.6 is 11.6 Å². The summed E-state index contributed by atoms with van der Waals surface area (Å²) in [6.45, 7) is 0.993. The van der Waals surface area contributed by atoms with Crippen LogP contribution in [0.1, 0.15) is 18.7 Å². The largest absolute Gasteiger partial charge is 0.394 e. The molecule has 1 unspecified atom stereocenters. The highest BCUT2D eigenvalue weighted by molar-refractivity contribution is 6.34. The van der Waals surface area contributed by atoms with Gasteiger partial charge >= 0.3 is 0 Å². The lowest BCUT2D eigenvalue weighted by Gasteiger charge is -2.27. The Labute approximate surface area is 131 Å². The van der Waals surface area contributed by atoms with Gasteiger partial charge in [0.25, 0.3) is 0 Å². The summed E-state index contributed by atoms with van der Waals surface area (Å²) in [6, 6.07) is 0. The molecule has 4 atom stereocenters. The molecule has 2 aromatic rings. The van der Waals surface area contributed by atoms with Crippen molar-refractivity contribution < 1.29 is 20.1 Å². The van der Waals surface area contributed by atoms with E-state index in [0.717, 1.165) is 0 Å². The molecule has 0 aliphatic carbocycles. The van der Waals surface area contributed by atoms with Crippen molar-refractivity contribution in [3.63, 3.8) is 0 Å². The molecular formula is C14H14ClN3O4. The first-order chi connectivity index (χ1) is 10.4. The summed E-state index contributed by atoms with van der Waals surface area (Å²) in [5.74, 6) is 2.48. The highest BCUT2D eigenvalue weighted by Gasteiger charge is 2.53. The summed E-state index contributed by atoms with van der Waals surface area (Å²) in [5, 5.41) is 30.6. The van der Waals surface area contributed by atoms with Gasteiger partial charge in [-0.2, -0.15) is 0 Å². The number of aliphatic hydroxyl groups excluding tert-OH is 2. The van der Waals surface area contributed by atoms with Gasteiger partial charge in [-0.1, -0.05) is 17.5 Å². The monoisotopic (exact) mass is 323 g/mol. The van der Waals surface area contributed by atoms with Gasteiger partial charge in [-0.15, -0.1) is 6.42 Å². The molecule has 1 aliphatic heterocycles. The van der Waals surface area contributed by atoms with Crippen molar-refractivity contribution in [2.75, 3.05) is 6.61 Å². The van der Waals surface area contributed by atoms with Crippen LogP contribution in [-0.2, 0) is 4.74 Å².